The van der Waals surface area contributed by atoms with Crippen LogP contribution in [0.25, 0.3) is 0 Å². The van der Waals surface area contributed by atoms with E-state index in [-0.39, 0.29) is 5.56 Å². The summed E-state index contributed by atoms with van der Waals surface area (Å²) in [5, 5.41) is 0. The summed E-state index contributed by atoms with van der Waals surface area (Å²) in [5.41, 5.74) is 1.16. The summed E-state index contributed by atoms with van der Waals surface area (Å²) in [7, 11) is 2.13. The van der Waals surface area contributed by atoms with Crippen LogP contribution in [-0.2, 0) is 0 Å². The van der Waals surface area contributed by atoms with Crippen molar-refractivity contribution in [3.05, 3.63) is 32.7 Å². The Kier molecular flexibility index (Phi) is 3.50. The second kappa shape index (κ2) is 4.72. The molecule has 0 amide bonds. The van der Waals surface area contributed by atoms with Crippen molar-refractivity contribution in [1.82, 2.24) is 9.47 Å². The molecule has 88 valence electrons. The van der Waals surface area contributed by atoms with Crippen LogP contribution < -0.4 is 5.56 Å². The zero-order valence-corrected chi connectivity index (χ0v) is 11.3. The number of piperidine rings is 1. The maximum atomic E-state index is 12.0. The topological polar surface area (TPSA) is 25.2 Å². The van der Waals surface area contributed by atoms with Crippen molar-refractivity contribution in [2.24, 2.45) is 0 Å². The van der Waals surface area contributed by atoms with Gasteiger partial charge in [0, 0.05) is 22.3 Å². The fraction of sp³-hybridized carbons (Fsp3) is 0.583. The van der Waals surface area contributed by atoms with Gasteiger partial charge in [0.2, 0.25) is 0 Å². The van der Waals surface area contributed by atoms with E-state index in [0.717, 1.165) is 36.1 Å². The standard InChI is InChI=1S/C12H17BrN2O/c1-9-7-10(13)8-12(16)15(9)11-3-5-14(2)6-4-11/h7-8,11H,3-6H2,1-2H3. The molecule has 3 nitrogen and oxygen atoms in total. The molecule has 0 aromatic carbocycles. The average Bonchev–Trinajstić information content (AvgIpc) is 2.19. The number of hydrogen-bond donors (Lipinski definition) is 0. The van der Waals surface area contributed by atoms with Crippen LogP contribution in [0.2, 0.25) is 0 Å². The molecule has 1 saturated heterocycles. The Bertz CT molecular complexity index is 433. The van der Waals surface area contributed by atoms with Crippen molar-refractivity contribution in [2.75, 3.05) is 20.1 Å². The monoisotopic (exact) mass is 284 g/mol. The third-order valence-corrected chi connectivity index (χ3v) is 3.74. The van der Waals surface area contributed by atoms with Gasteiger partial charge in [-0.2, -0.15) is 0 Å². The van der Waals surface area contributed by atoms with E-state index >= 15 is 0 Å². The molecule has 4 heteroatoms. The Balaban J connectivity index is 2.30. The molecule has 0 aliphatic carbocycles. The van der Waals surface area contributed by atoms with Crippen LogP contribution >= 0.6 is 15.9 Å². The van der Waals surface area contributed by atoms with Gasteiger partial charge in [-0.1, -0.05) is 15.9 Å². The Morgan fingerprint density at radius 3 is 2.50 bits per heavy atom. The lowest BCUT2D eigenvalue weighted by molar-refractivity contribution is 0.217. The number of aromatic nitrogens is 1. The van der Waals surface area contributed by atoms with Crippen molar-refractivity contribution in [1.29, 1.82) is 0 Å². The first-order chi connectivity index (χ1) is 7.58. The summed E-state index contributed by atoms with van der Waals surface area (Å²) in [5.74, 6) is 0. The van der Waals surface area contributed by atoms with Crippen LogP contribution in [-0.4, -0.2) is 29.6 Å². The number of nitrogens with zero attached hydrogens (tertiary/aromatic N) is 2. The van der Waals surface area contributed by atoms with Gasteiger partial charge >= 0.3 is 0 Å². The summed E-state index contributed by atoms with van der Waals surface area (Å²) in [6, 6.07) is 4.04. The minimum atomic E-state index is 0.112. The van der Waals surface area contributed by atoms with Crippen LogP contribution in [0.3, 0.4) is 0 Å². The smallest absolute Gasteiger partial charge is 0.252 e. The van der Waals surface area contributed by atoms with Gasteiger partial charge in [-0.05, 0) is 46.0 Å². The van der Waals surface area contributed by atoms with Gasteiger partial charge in [0.05, 0.1) is 0 Å². The van der Waals surface area contributed by atoms with E-state index in [2.05, 4.69) is 27.9 Å². The molecule has 1 aliphatic heterocycles. The molecule has 0 bridgehead atoms. The molecule has 0 spiro atoms. The van der Waals surface area contributed by atoms with Crippen molar-refractivity contribution >= 4 is 15.9 Å². The first-order valence-electron chi connectivity index (χ1n) is 5.65. The Morgan fingerprint density at radius 1 is 1.31 bits per heavy atom. The van der Waals surface area contributed by atoms with Crippen molar-refractivity contribution < 1.29 is 0 Å². The van der Waals surface area contributed by atoms with E-state index in [1.807, 2.05) is 17.6 Å². The molecule has 16 heavy (non-hydrogen) atoms. The van der Waals surface area contributed by atoms with Gasteiger partial charge in [0.1, 0.15) is 0 Å². The zero-order valence-electron chi connectivity index (χ0n) is 9.74. The third-order valence-electron chi connectivity index (χ3n) is 3.28. The molecular formula is C12H17BrN2O. The van der Waals surface area contributed by atoms with E-state index in [1.54, 1.807) is 6.07 Å². The lowest BCUT2D eigenvalue weighted by Crippen LogP contribution is -2.36. The highest BCUT2D eigenvalue weighted by atomic mass is 79.9. The van der Waals surface area contributed by atoms with E-state index < -0.39 is 0 Å². The van der Waals surface area contributed by atoms with E-state index in [4.69, 9.17) is 0 Å². The van der Waals surface area contributed by atoms with Gasteiger partial charge in [-0.15, -0.1) is 0 Å². The molecule has 0 N–H and O–H groups in total. The molecule has 0 radical (unpaired) electrons. The molecule has 1 aromatic heterocycles. The van der Waals surface area contributed by atoms with E-state index in [0.29, 0.717) is 6.04 Å². The summed E-state index contributed by atoms with van der Waals surface area (Å²) in [4.78, 5) is 14.3. The predicted octanol–water partition coefficient (Wildman–Crippen LogP) is 2.19. The number of hydrogen-bond acceptors (Lipinski definition) is 2. The van der Waals surface area contributed by atoms with Gasteiger partial charge in [0.15, 0.2) is 0 Å². The fourth-order valence-electron chi connectivity index (χ4n) is 2.39. The third kappa shape index (κ3) is 2.38. The van der Waals surface area contributed by atoms with E-state index in [9.17, 15) is 4.79 Å². The van der Waals surface area contributed by atoms with Crippen molar-refractivity contribution in [3.63, 3.8) is 0 Å². The molecule has 0 unspecified atom stereocenters. The molecule has 1 aromatic rings. The minimum absolute atomic E-state index is 0.112. The molecular weight excluding hydrogens is 268 g/mol. The minimum Gasteiger partial charge on any atom is -0.310 e. The maximum absolute atomic E-state index is 12.0. The maximum Gasteiger partial charge on any atom is 0.252 e. The van der Waals surface area contributed by atoms with Gasteiger partial charge in [-0.3, -0.25) is 4.79 Å². The lowest BCUT2D eigenvalue weighted by Gasteiger charge is -2.31. The number of pyridine rings is 1. The quantitative estimate of drug-likeness (QED) is 0.790. The molecule has 1 aliphatic rings. The number of halogens is 1. The number of aryl methyl sites for hydroxylation is 1. The summed E-state index contributed by atoms with van der Waals surface area (Å²) >= 11 is 3.36. The van der Waals surface area contributed by atoms with Gasteiger partial charge in [0.25, 0.3) is 5.56 Å². The summed E-state index contributed by atoms with van der Waals surface area (Å²) in [6.45, 7) is 4.16. The Labute approximate surface area is 104 Å². The van der Waals surface area contributed by atoms with Crippen LogP contribution in [0.4, 0.5) is 0 Å². The zero-order chi connectivity index (χ0) is 11.7. The van der Waals surface area contributed by atoms with E-state index in [1.165, 1.54) is 0 Å². The van der Waals surface area contributed by atoms with Gasteiger partial charge < -0.3 is 9.47 Å². The largest absolute Gasteiger partial charge is 0.310 e. The fourth-order valence-corrected chi connectivity index (χ4v) is 2.92. The molecule has 0 saturated carbocycles. The molecule has 1 fully saturated rings. The lowest BCUT2D eigenvalue weighted by atomic mass is 10.0. The number of likely N-dealkylation sites (tertiary alicyclic amines) is 1. The Morgan fingerprint density at radius 2 is 1.94 bits per heavy atom. The summed E-state index contributed by atoms with van der Waals surface area (Å²) in [6.07, 6.45) is 2.14. The van der Waals surface area contributed by atoms with Crippen LogP contribution in [0.15, 0.2) is 21.4 Å². The van der Waals surface area contributed by atoms with Crippen LogP contribution in [0.1, 0.15) is 24.6 Å². The highest BCUT2D eigenvalue weighted by molar-refractivity contribution is 9.10. The predicted molar refractivity (Wildman–Crippen MR) is 68.9 cm³/mol. The highest BCUT2D eigenvalue weighted by Gasteiger charge is 2.20. The number of rotatable bonds is 1. The van der Waals surface area contributed by atoms with Crippen molar-refractivity contribution in [2.45, 2.75) is 25.8 Å². The normalized spacial score (nSPS) is 18.9. The second-order valence-electron chi connectivity index (χ2n) is 4.56. The first-order valence-corrected chi connectivity index (χ1v) is 6.44. The van der Waals surface area contributed by atoms with Crippen LogP contribution in [0.5, 0.6) is 0 Å². The molecule has 2 rings (SSSR count). The molecule has 2 heterocycles. The SMILES string of the molecule is Cc1cc(Br)cc(=O)n1C1CCN(C)CC1. The summed E-state index contributed by atoms with van der Waals surface area (Å²) < 4.78 is 2.82. The van der Waals surface area contributed by atoms with Crippen molar-refractivity contribution in [3.8, 4) is 0 Å². The highest BCUT2D eigenvalue weighted by Crippen LogP contribution is 2.22. The Hall–Kier alpha value is -0.610. The second-order valence-corrected chi connectivity index (χ2v) is 5.47. The molecule has 0 atom stereocenters. The van der Waals surface area contributed by atoms with Crippen LogP contribution in [0, 0.1) is 6.92 Å². The van der Waals surface area contributed by atoms with Gasteiger partial charge in [-0.25, -0.2) is 0 Å². The average molecular weight is 285 g/mol. The first kappa shape index (κ1) is 11.9.